The molecule has 0 aromatic carbocycles. The molecule has 0 aliphatic rings. The Balaban J connectivity index is 2.24. The standard InChI is InChI=1S/C12H14ClN3O2/c1-2-18-12(17)10(14)7-16-6-9(13)8-4-3-5-15-11(8)16/h3-6,10H,2,7,14H2,1H3. The first-order chi connectivity index (χ1) is 8.63. The first kappa shape index (κ1) is 12.9. The zero-order chi connectivity index (χ0) is 13.1. The predicted molar refractivity (Wildman–Crippen MR) is 69.4 cm³/mol. The molecular formula is C12H14ClN3O2. The van der Waals surface area contributed by atoms with Gasteiger partial charge < -0.3 is 15.0 Å². The van der Waals surface area contributed by atoms with E-state index in [4.69, 9.17) is 22.1 Å². The molecule has 0 fully saturated rings. The normalized spacial score (nSPS) is 12.6. The van der Waals surface area contributed by atoms with Crippen molar-refractivity contribution in [2.45, 2.75) is 19.5 Å². The monoisotopic (exact) mass is 267 g/mol. The van der Waals surface area contributed by atoms with Gasteiger partial charge in [-0.15, -0.1) is 0 Å². The van der Waals surface area contributed by atoms with Crippen LogP contribution in [0.5, 0.6) is 0 Å². The molecule has 1 atom stereocenters. The molecule has 1 unspecified atom stereocenters. The topological polar surface area (TPSA) is 70.1 Å². The third-order valence-electron chi connectivity index (χ3n) is 2.57. The fourth-order valence-electron chi connectivity index (χ4n) is 1.75. The van der Waals surface area contributed by atoms with Crippen LogP contribution in [0.4, 0.5) is 0 Å². The maximum atomic E-state index is 11.5. The van der Waals surface area contributed by atoms with E-state index in [1.54, 1.807) is 23.9 Å². The Labute approximate surface area is 109 Å². The van der Waals surface area contributed by atoms with Crippen LogP contribution in [0, 0.1) is 0 Å². The quantitative estimate of drug-likeness (QED) is 0.854. The molecule has 2 heterocycles. The van der Waals surface area contributed by atoms with Gasteiger partial charge in [0.2, 0.25) is 0 Å². The average molecular weight is 268 g/mol. The molecule has 18 heavy (non-hydrogen) atoms. The highest BCUT2D eigenvalue weighted by Gasteiger charge is 2.17. The predicted octanol–water partition coefficient (Wildman–Crippen LogP) is 1.58. The molecule has 2 aromatic heterocycles. The van der Waals surface area contributed by atoms with Crippen molar-refractivity contribution in [1.82, 2.24) is 9.55 Å². The average Bonchev–Trinajstić information content (AvgIpc) is 2.67. The van der Waals surface area contributed by atoms with Crippen LogP contribution in [0.15, 0.2) is 24.5 Å². The summed E-state index contributed by atoms with van der Waals surface area (Å²) in [5.41, 5.74) is 6.48. The Morgan fingerprint density at radius 3 is 3.17 bits per heavy atom. The summed E-state index contributed by atoms with van der Waals surface area (Å²) >= 11 is 6.08. The summed E-state index contributed by atoms with van der Waals surface area (Å²) in [7, 11) is 0. The molecule has 2 aromatic rings. The zero-order valence-electron chi connectivity index (χ0n) is 9.97. The fraction of sp³-hybridized carbons (Fsp3) is 0.333. The van der Waals surface area contributed by atoms with Crippen LogP contribution in [0.3, 0.4) is 0 Å². The summed E-state index contributed by atoms with van der Waals surface area (Å²) in [6.45, 7) is 2.35. The van der Waals surface area contributed by atoms with Gasteiger partial charge in [-0.1, -0.05) is 11.6 Å². The Bertz CT molecular complexity index is 567. The van der Waals surface area contributed by atoms with Gasteiger partial charge in [0.05, 0.1) is 18.2 Å². The molecule has 2 N–H and O–H groups in total. The minimum atomic E-state index is -0.723. The van der Waals surface area contributed by atoms with Crippen molar-refractivity contribution in [3.63, 3.8) is 0 Å². The van der Waals surface area contributed by atoms with E-state index in [0.29, 0.717) is 23.8 Å². The summed E-state index contributed by atoms with van der Waals surface area (Å²) in [6, 6.07) is 2.96. The molecule has 0 bridgehead atoms. The number of pyridine rings is 1. The van der Waals surface area contributed by atoms with E-state index in [0.717, 1.165) is 5.39 Å². The minimum absolute atomic E-state index is 0.291. The molecule has 0 aliphatic carbocycles. The van der Waals surface area contributed by atoms with Crippen molar-refractivity contribution in [3.05, 3.63) is 29.5 Å². The van der Waals surface area contributed by atoms with E-state index < -0.39 is 12.0 Å². The number of aromatic nitrogens is 2. The van der Waals surface area contributed by atoms with Crippen LogP contribution in [0.1, 0.15) is 6.92 Å². The molecule has 6 heteroatoms. The third-order valence-corrected chi connectivity index (χ3v) is 2.87. The number of nitrogens with zero attached hydrogens (tertiary/aromatic N) is 2. The number of ether oxygens (including phenoxy) is 1. The Kier molecular flexibility index (Phi) is 3.84. The van der Waals surface area contributed by atoms with Gasteiger partial charge in [-0.2, -0.15) is 0 Å². The summed E-state index contributed by atoms with van der Waals surface area (Å²) in [5.74, 6) is -0.425. The van der Waals surface area contributed by atoms with Crippen LogP contribution in [0.2, 0.25) is 5.02 Å². The van der Waals surface area contributed by atoms with Crippen molar-refractivity contribution < 1.29 is 9.53 Å². The van der Waals surface area contributed by atoms with Crippen LogP contribution in [0.25, 0.3) is 11.0 Å². The molecule has 0 amide bonds. The molecule has 0 saturated carbocycles. The number of rotatable bonds is 4. The van der Waals surface area contributed by atoms with Crippen molar-refractivity contribution in [2.24, 2.45) is 5.73 Å². The highest BCUT2D eigenvalue weighted by molar-refractivity contribution is 6.35. The summed E-state index contributed by atoms with van der Waals surface area (Å²) < 4.78 is 6.63. The van der Waals surface area contributed by atoms with Crippen LogP contribution in [-0.2, 0) is 16.1 Å². The van der Waals surface area contributed by atoms with Gasteiger partial charge in [0.15, 0.2) is 0 Å². The van der Waals surface area contributed by atoms with E-state index in [1.165, 1.54) is 0 Å². The summed E-state index contributed by atoms with van der Waals surface area (Å²) in [6.07, 6.45) is 3.39. The minimum Gasteiger partial charge on any atom is -0.465 e. The molecule has 0 aliphatic heterocycles. The second-order valence-electron chi connectivity index (χ2n) is 3.86. The molecule has 2 rings (SSSR count). The van der Waals surface area contributed by atoms with Crippen molar-refractivity contribution in [1.29, 1.82) is 0 Å². The fourth-order valence-corrected chi connectivity index (χ4v) is 2.02. The number of hydrogen-bond acceptors (Lipinski definition) is 4. The number of carbonyl (C=O) groups excluding carboxylic acids is 1. The van der Waals surface area contributed by atoms with Crippen LogP contribution >= 0.6 is 11.6 Å². The van der Waals surface area contributed by atoms with E-state index in [-0.39, 0.29) is 0 Å². The highest BCUT2D eigenvalue weighted by atomic mass is 35.5. The Morgan fingerprint density at radius 2 is 2.44 bits per heavy atom. The molecular weight excluding hydrogens is 254 g/mol. The molecule has 0 radical (unpaired) electrons. The maximum absolute atomic E-state index is 11.5. The van der Waals surface area contributed by atoms with E-state index in [2.05, 4.69) is 4.98 Å². The number of esters is 1. The first-order valence-electron chi connectivity index (χ1n) is 5.65. The third kappa shape index (κ3) is 2.47. The van der Waals surface area contributed by atoms with Crippen LogP contribution < -0.4 is 5.73 Å². The van der Waals surface area contributed by atoms with Gasteiger partial charge in [-0.25, -0.2) is 4.98 Å². The Morgan fingerprint density at radius 1 is 1.67 bits per heavy atom. The lowest BCUT2D eigenvalue weighted by Gasteiger charge is -2.11. The van der Waals surface area contributed by atoms with Crippen LogP contribution in [-0.4, -0.2) is 28.2 Å². The Hall–Kier alpha value is -1.59. The van der Waals surface area contributed by atoms with Gasteiger partial charge in [-0.3, -0.25) is 4.79 Å². The summed E-state index contributed by atoms with van der Waals surface area (Å²) in [4.78, 5) is 15.7. The largest absolute Gasteiger partial charge is 0.465 e. The zero-order valence-corrected chi connectivity index (χ0v) is 10.7. The molecule has 0 spiro atoms. The van der Waals surface area contributed by atoms with E-state index in [9.17, 15) is 4.79 Å². The lowest BCUT2D eigenvalue weighted by molar-refractivity contribution is -0.144. The maximum Gasteiger partial charge on any atom is 0.324 e. The second-order valence-corrected chi connectivity index (χ2v) is 4.27. The van der Waals surface area contributed by atoms with E-state index >= 15 is 0 Å². The van der Waals surface area contributed by atoms with Crippen molar-refractivity contribution >= 4 is 28.6 Å². The molecule has 0 saturated heterocycles. The number of hydrogen-bond donors (Lipinski definition) is 1. The van der Waals surface area contributed by atoms with Gasteiger partial charge in [0.1, 0.15) is 11.7 Å². The highest BCUT2D eigenvalue weighted by Crippen LogP contribution is 2.23. The van der Waals surface area contributed by atoms with Crippen molar-refractivity contribution in [3.8, 4) is 0 Å². The van der Waals surface area contributed by atoms with Gasteiger partial charge in [0.25, 0.3) is 0 Å². The smallest absolute Gasteiger partial charge is 0.324 e. The van der Waals surface area contributed by atoms with Gasteiger partial charge in [-0.05, 0) is 19.1 Å². The van der Waals surface area contributed by atoms with E-state index in [1.807, 2.05) is 12.1 Å². The lowest BCUT2D eigenvalue weighted by atomic mass is 10.3. The first-order valence-corrected chi connectivity index (χ1v) is 6.03. The van der Waals surface area contributed by atoms with Gasteiger partial charge in [0, 0.05) is 17.8 Å². The number of halogens is 1. The number of fused-ring (bicyclic) bond motifs is 1. The molecule has 96 valence electrons. The van der Waals surface area contributed by atoms with Crippen molar-refractivity contribution in [2.75, 3.05) is 6.61 Å². The van der Waals surface area contributed by atoms with Gasteiger partial charge >= 0.3 is 5.97 Å². The second kappa shape index (κ2) is 5.37. The SMILES string of the molecule is CCOC(=O)C(N)Cn1cc(Cl)c2cccnc21. The summed E-state index contributed by atoms with van der Waals surface area (Å²) in [5, 5.41) is 1.43. The molecule has 5 nitrogen and oxygen atoms in total. The number of nitrogens with two attached hydrogens (primary N) is 1. The number of carbonyl (C=O) groups is 1. The lowest BCUT2D eigenvalue weighted by Crippen LogP contribution is -2.36.